The highest BCUT2D eigenvalue weighted by atomic mass is 32.1. The van der Waals surface area contributed by atoms with Crippen molar-refractivity contribution < 1.29 is 9.47 Å². The molecule has 0 N–H and O–H groups in total. The molecule has 0 saturated carbocycles. The molecule has 0 amide bonds. The first-order valence-corrected chi connectivity index (χ1v) is 9.24. The van der Waals surface area contributed by atoms with Gasteiger partial charge in [-0.2, -0.15) is 0 Å². The van der Waals surface area contributed by atoms with Crippen LogP contribution in [0.1, 0.15) is 24.3 Å². The predicted molar refractivity (Wildman–Crippen MR) is 92.3 cm³/mol. The minimum atomic E-state index is 0.438. The van der Waals surface area contributed by atoms with Crippen molar-refractivity contribution in [1.29, 1.82) is 0 Å². The summed E-state index contributed by atoms with van der Waals surface area (Å²) in [6, 6.07) is 0.533. The Bertz CT molecular complexity index is 502. The number of ether oxygens (including phenoxy) is 2. The second-order valence-electron chi connectivity index (χ2n) is 6.87. The third kappa shape index (κ3) is 3.84. The van der Waals surface area contributed by atoms with Crippen LogP contribution in [0.15, 0.2) is 0 Å². The quantitative estimate of drug-likeness (QED) is 0.787. The minimum Gasteiger partial charge on any atom is -0.383 e. The van der Waals surface area contributed by atoms with Gasteiger partial charge in [0.15, 0.2) is 0 Å². The number of rotatable bonds is 6. The van der Waals surface area contributed by atoms with Gasteiger partial charge in [-0.15, -0.1) is 10.2 Å². The first-order chi connectivity index (χ1) is 11.2. The largest absolute Gasteiger partial charge is 0.383 e. The second-order valence-corrected chi connectivity index (χ2v) is 8.03. The number of nitrogens with zero attached hydrogens (tertiary/aromatic N) is 4. The fourth-order valence-electron chi connectivity index (χ4n) is 4.03. The van der Waals surface area contributed by atoms with Gasteiger partial charge in [0.1, 0.15) is 5.01 Å². The highest BCUT2D eigenvalue weighted by molar-refractivity contribution is 7.15. The molecular formula is C16H28N4O2S. The van der Waals surface area contributed by atoms with Crippen molar-refractivity contribution in [3.05, 3.63) is 5.01 Å². The normalized spacial score (nSPS) is 24.7. The summed E-state index contributed by atoms with van der Waals surface area (Å²) in [5.41, 5.74) is 0.438. The maximum Gasteiger partial charge on any atom is 0.208 e. The molecule has 2 fully saturated rings. The molecule has 0 bridgehead atoms. The van der Waals surface area contributed by atoms with Gasteiger partial charge in [0.25, 0.3) is 0 Å². The SMILES string of the molecule is COCCN1CC2(CCN(c3nnc(C)s3)CC2)CC1COC. The Morgan fingerprint density at radius 3 is 2.61 bits per heavy atom. The van der Waals surface area contributed by atoms with E-state index in [0.717, 1.165) is 43.0 Å². The van der Waals surface area contributed by atoms with Gasteiger partial charge >= 0.3 is 0 Å². The van der Waals surface area contributed by atoms with E-state index in [9.17, 15) is 0 Å². The average molecular weight is 340 g/mol. The molecule has 23 heavy (non-hydrogen) atoms. The Labute approximate surface area is 142 Å². The summed E-state index contributed by atoms with van der Waals surface area (Å²) >= 11 is 1.70. The topological polar surface area (TPSA) is 50.7 Å². The zero-order valence-electron chi connectivity index (χ0n) is 14.5. The summed E-state index contributed by atoms with van der Waals surface area (Å²) in [4.78, 5) is 4.97. The summed E-state index contributed by atoms with van der Waals surface area (Å²) in [6.45, 7) is 8.00. The van der Waals surface area contributed by atoms with E-state index in [4.69, 9.17) is 9.47 Å². The smallest absolute Gasteiger partial charge is 0.208 e. The lowest BCUT2D eigenvalue weighted by atomic mass is 9.77. The van der Waals surface area contributed by atoms with Gasteiger partial charge in [0.2, 0.25) is 5.13 Å². The Hall–Kier alpha value is -0.760. The Morgan fingerprint density at radius 1 is 1.22 bits per heavy atom. The summed E-state index contributed by atoms with van der Waals surface area (Å²) < 4.78 is 10.7. The zero-order chi connectivity index (χ0) is 16.3. The highest BCUT2D eigenvalue weighted by Crippen LogP contribution is 2.44. The van der Waals surface area contributed by atoms with Crippen LogP contribution in [0.2, 0.25) is 0 Å². The first-order valence-electron chi connectivity index (χ1n) is 8.43. The Kier molecular flexibility index (Phi) is 5.51. The molecule has 3 heterocycles. The summed E-state index contributed by atoms with van der Waals surface area (Å²) in [5.74, 6) is 0. The van der Waals surface area contributed by atoms with E-state index in [1.807, 2.05) is 6.92 Å². The highest BCUT2D eigenvalue weighted by Gasteiger charge is 2.45. The standard InChI is InChI=1S/C16H28N4O2S/c1-13-17-18-15(23-13)19-6-4-16(5-7-19)10-14(11-22-3)20(12-16)8-9-21-2/h14H,4-12H2,1-3H3. The molecule has 130 valence electrons. The van der Waals surface area contributed by atoms with Crippen LogP contribution in [0.3, 0.4) is 0 Å². The lowest BCUT2D eigenvalue weighted by molar-refractivity contribution is 0.0901. The van der Waals surface area contributed by atoms with Gasteiger partial charge in [-0.05, 0) is 31.6 Å². The lowest BCUT2D eigenvalue weighted by Gasteiger charge is -2.39. The number of hydrogen-bond acceptors (Lipinski definition) is 7. The van der Waals surface area contributed by atoms with Gasteiger partial charge in [-0.1, -0.05) is 11.3 Å². The lowest BCUT2D eigenvalue weighted by Crippen LogP contribution is -2.42. The molecule has 0 aromatic carbocycles. The summed E-state index contributed by atoms with van der Waals surface area (Å²) in [5, 5.41) is 10.6. The monoisotopic (exact) mass is 340 g/mol. The number of methoxy groups -OCH3 is 2. The van der Waals surface area contributed by atoms with Crippen LogP contribution in [0.4, 0.5) is 5.13 Å². The van der Waals surface area contributed by atoms with E-state index in [-0.39, 0.29) is 0 Å². The molecule has 1 unspecified atom stereocenters. The van der Waals surface area contributed by atoms with Crippen molar-refractivity contribution in [3.8, 4) is 0 Å². The van der Waals surface area contributed by atoms with Crippen LogP contribution >= 0.6 is 11.3 Å². The van der Waals surface area contributed by atoms with Gasteiger partial charge in [-0.3, -0.25) is 4.90 Å². The molecule has 7 heteroatoms. The van der Waals surface area contributed by atoms with E-state index in [2.05, 4.69) is 20.0 Å². The van der Waals surface area contributed by atoms with Gasteiger partial charge in [0, 0.05) is 46.4 Å². The van der Waals surface area contributed by atoms with E-state index < -0.39 is 0 Å². The van der Waals surface area contributed by atoms with Crippen LogP contribution in [-0.2, 0) is 9.47 Å². The van der Waals surface area contributed by atoms with Gasteiger partial charge in [0.05, 0.1) is 13.2 Å². The van der Waals surface area contributed by atoms with Crippen molar-refractivity contribution in [1.82, 2.24) is 15.1 Å². The van der Waals surface area contributed by atoms with E-state index in [1.165, 1.54) is 25.8 Å². The Balaban J connectivity index is 1.60. The van der Waals surface area contributed by atoms with E-state index in [1.54, 1.807) is 25.6 Å². The fraction of sp³-hybridized carbons (Fsp3) is 0.875. The predicted octanol–water partition coefficient (Wildman–Crippen LogP) is 1.80. The van der Waals surface area contributed by atoms with Crippen molar-refractivity contribution >= 4 is 16.5 Å². The van der Waals surface area contributed by atoms with Crippen LogP contribution < -0.4 is 4.90 Å². The van der Waals surface area contributed by atoms with Crippen LogP contribution in [0.5, 0.6) is 0 Å². The number of piperidine rings is 1. The van der Waals surface area contributed by atoms with Crippen molar-refractivity contribution in [2.24, 2.45) is 5.41 Å². The minimum absolute atomic E-state index is 0.438. The molecule has 3 rings (SSSR count). The van der Waals surface area contributed by atoms with E-state index in [0.29, 0.717) is 11.5 Å². The number of hydrogen-bond donors (Lipinski definition) is 0. The van der Waals surface area contributed by atoms with Gasteiger partial charge < -0.3 is 14.4 Å². The van der Waals surface area contributed by atoms with Gasteiger partial charge in [-0.25, -0.2) is 0 Å². The molecule has 1 aromatic rings. The third-order valence-corrected chi connectivity index (χ3v) is 6.17. The molecule has 6 nitrogen and oxygen atoms in total. The molecule has 2 aliphatic rings. The molecule has 0 aliphatic carbocycles. The number of likely N-dealkylation sites (tertiary alicyclic amines) is 1. The van der Waals surface area contributed by atoms with Crippen LogP contribution in [-0.4, -0.2) is 74.8 Å². The third-order valence-electron chi connectivity index (χ3n) is 5.28. The van der Waals surface area contributed by atoms with Crippen LogP contribution in [0.25, 0.3) is 0 Å². The zero-order valence-corrected chi connectivity index (χ0v) is 15.3. The average Bonchev–Trinajstić information content (AvgIpc) is 3.11. The van der Waals surface area contributed by atoms with E-state index >= 15 is 0 Å². The van der Waals surface area contributed by atoms with Crippen molar-refractivity contribution in [2.75, 3.05) is 58.5 Å². The molecule has 0 radical (unpaired) electrons. The molecule has 1 aromatic heterocycles. The number of aromatic nitrogens is 2. The molecule has 2 saturated heterocycles. The fourth-order valence-corrected chi connectivity index (χ4v) is 4.77. The Morgan fingerprint density at radius 2 is 2.00 bits per heavy atom. The number of aryl methyl sites for hydroxylation is 1. The molecular weight excluding hydrogens is 312 g/mol. The van der Waals surface area contributed by atoms with Crippen molar-refractivity contribution in [3.63, 3.8) is 0 Å². The maximum atomic E-state index is 5.45. The second kappa shape index (κ2) is 7.42. The summed E-state index contributed by atoms with van der Waals surface area (Å²) in [6.07, 6.45) is 3.71. The van der Waals surface area contributed by atoms with Crippen LogP contribution in [0, 0.1) is 12.3 Å². The maximum absolute atomic E-state index is 5.45. The summed E-state index contributed by atoms with van der Waals surface area (Å²) in [7, 11) is 3.58. The first kappa shape index (κ1) is 17.1. The number of anilines is 1. The molecule has 1 atom stereocenters. The van der Waals surface area contributed by atoms with Crippen molar-refractivity contribution in [2.45, 2.75) is 32.2 Å². The molecule has 1 spiro atoms. The molecule has 2 aliphatic heterocycles.